The van der Waals surface area contributed by atoms with Gasteiger partial charge < -0.3 is 5.32 Å². The fourth-order valence-electron chi connectivity index (χ4n) is 2.56. The molecular weight excluding hydrogens is 429 g/mol. The average Bonchev–Trinajstić information content (AvgIpc) is 2.58. The van der Waals surface area contributed by atoms with Gasteiger partial charge in [0, 0.05) is 17.2 Å². The van der Waals surface area contributed by atoms with E-state index in [2.05, 4.69) is 5.32 Å². The number of aryl methyl sites for hydroxylation is 1. The van der Waals surface area contributed by atoms with Crippen LogP contribution in [0.4, 0.5) is 17.1 Å². The normalized spacial score (nSPS) is 12.3. The van der Waals surface area contributed by atoms with Crippen molar-refractivity contribution in [2.45, 2.75) is 19.9 Å². The Morgan fingerprint density at radius 1 is 1.21 bits per heavy atom. The molecule has 0 unspecified atom stereocenters. The summed E-state index contributed by atoms with van der Waals surface area (Å²) < 4.78 is 25.7. The van der Waals surface area contributed by atoms with Crippen LogP contribution in [0.5, 0.6) is 0 Å². The number of sulfonamides is 1. The highest BCUT2D eigenvalue weighted by atomic mass is 35.5. The van der Waals surface area contributed by atoms with Crippen molar-refractivity contribution in [2.75, 3.05) is 15.9 Å². The molecule has 0 heterocycles. The largest absolute Gasteiger partial charge is 0.323 e. The molecule has 0 aliphatic carbocycles. The molecule has 28 heavy (non-hydrogen) atoms. The van der Waals surface area contributed by atoms with Gasteiger partial charge in [0.05, 0.1) is 27.6 Å². The number of nitrogens with zero attached hydrogens (tertiary/aromatic N) is 2. The number of amides is 1. The van der Waals surface area contributed by atoms with Gasteiger partial charge in [-0.05, 0) is 37.6 Å². The molecule has 1 amide bonds. The quantitative estimate of drug-likeness (QED) is 0.533. The molecule has 150 valence electrons. The monoisotopic (exact) mass is 445 g/mol. The maximum atomic E-state index is 12.7. The van der Waals surface area contributed by atoms with Gasteiger partial charge in [-0.15, -0.1) is 0 Å². The number of nitrogens with one attached hydrogen (secondary N) is 1. The lowest BCUT2D eigenvalue weighted by Crippen LogP contribution is -2.45. The molecule has 1 atom stereocenters. The number of nitro benzene ring substituents is 1. The van der Waals surface area contributed by atoms with Crippen LogP contribution in [-0.4, -0.2) is 31.5 Å². The van der Waals surface area contributed by atoms with Gasteiger partial charge in [0.25, 0.3) is 5.69 Å². The summed E-state index contributed by atoms with van der Waals surface area (Å²) >= 11 is 11.9. The van der Waals surface area contributed by atoms with Crippen molar-refractivity contribution in [3.63, 3.8) is 0 Å². The SMILES string of the molecule is Cc1ccc([N+](=O)[O-])cc1N([C@@H](C)C(=O)Nc1cc(Cl)ccc1Cl)S(C)(=O)=O. The van der Waals surface area contributed by atoms with Gasteiger partial charge in [-0.1, -0.05) is 29.3 Å². The van der Waals surface area contributed by atoms with Crippen molar-refractivity contribution in [1.29, 1.82) is 0 Å². The third-order valence-electron chi connectivity index (χ3n) is 3.92. The zero-order chi connectivity index (χ0) is 21.2. The zero-order valence-corrected chi connectivity index (χ0v) is 17.5. The van der Waals surface area contributed by atoms with Crippen LogP contribution in [0.3, 0.4) is 0 Å². The van der Waals surface area contributed by atoms with E-state index in [9.17, 15) is 23.3 Å². The molecule has 11 heteroatoms. The predicted octanol–water partition coefficient (Wildman–Crippen LogP) is 4.00. The van der Waals surface area contributed by atoms with Gasteiger partial charge in [0.15, 0.2) is 0 Å². The van der Waals surface area contributed by atoms with Gasteiger partial charge in [-0.2, -0.15) is 0 Å². The minimum Gasteiger partial charge on any atom is -0.323 e. The van der Waals surface area contributed by atoms with E-state index in [0.29, 0.717) is 10.6 Å². The molecule has 0 saturated heterocycles. The van der Waals surface area contributed by atoms with E-state index in [4.69, 9.17) is 23.2 Å². The molecule has 0 saturated carbocycles. The molecule has 2 aromatic rings. The lowest BCUT2D eigenvalue weighted by molar-refractivity contribution is -0.384. The summed E-state index contributed by atoms with van der Waals surface area (Å²) in [5.41, 5.74) is 0.419. The first-order chi connectivity index (χ1) is 12.9. The molecule has 1 N–H and O–H groups in total. The van der Waals surface area contributed by atoms with Gasteiger partial charge in [-0.3, -0.25) is 19.2 Å². The second-order valence-corrected chi connectivity index (χ2v) is 8.78. The Morgan fingerprint density at radius 3 is 2.43 bits per heavy atom. The van der Waals surface area contributed by atoms with Gasteiger partial charge in [-0.25, -0.2) is 8.42 Å². The Morgan fingerprint density at radius 2 is 1.86 bits per heavy atom. The summed E-state index contributed by atoms with van der Waals surface area (Å²) in [7, 11) is -3.95. The van der Waals surface area contributed by atoms with E-state index < -0.39 is 26.9 Å². The summed E-state index contributed by atoms with van der Waals surface area (Å²) in [5, 5.41) is 14.2. The van der Waals surface area contributed by atoms with E-state index in [1.54, 1.807) is 6.92 Å². The number of hydrogen-bond donors (Lipinski definition) is 1. The molecule has 0 aliphatic rings. The molecule has 0 aliphatic heterocycles. The second kappa shape index (κ2) is 8.34. The van der Waals surface area contributed by atoms with E-state index in [0.717, 1.165) is 16.6 Å². The van der Waals surface area contributed by atoms with Crippen LogP contribution in [-0.2, 0) is 14.8 Å². The molecule has 0 spiro atoms. The Bertz CT molecular complexity index is 1040. The number of non-ortho nitro benzene ring substituents is 1. The van der Waals surface area contributed by atoms with Crippen LogP contribution in [0.1, 0.15) is 12.5 Å². The van der Waals surface area contributed by atoms with Gasteiger partial charge >= 0.3 is 0 Å². The number of benzene rings is 2. The van der Waals surface area contributed by atoms with Crippen LogP contribution in [0.25, 0.3) is 0 Å². The third kappa shape index (κ3) is 4.92. The Kier molecular flexibility index (Phi) is 6.53. The molecule has 0 aromatic heterocycles. The fraction of sp³-hybridized carbons (Fsp3) is 0.235. The molecule has 8 nitrogen and oxygen atoms in total. The maximum Gasteiger partial charge on any atom is 0.271 e. The molecule has 0 bridgehead atoms. The Hall–Kier alpha value is -2.36. The van der Waals surface area contributed by atoms with E-state index in [1.807, 2.05) is 0 Å². The summed E-state index contributed by atoms with van der Waals surface area (Å²) in [6.07, 6.45) is 0.918. The summed E-state index contributed by atoms with van der Waals surface area (Å²) in [4.78, 5) is 23.2. The zero-order valence-electron chi connectivity index (χ0n) is 15.1. The van der Waals surface area contributed by atoms with Crippen LogP contribution < -0.4 is 9.62 Å². The maximum absolute atomic E-state index is 12.7. The van der Waals surface area contributed by atoms with Crippen LogP contribution in [0.2, 0.25) is 10.0 Å². The van der Waals surface area contributed by atoms with E-state index in [-0.39, 0.29) is 22.1 Å². The van der Waals surface area contributed by atoms with E-state index in [1.165, 1.54) is 37.3 Å². The first-order valence-corrected chi connectivity index (χ1v) is 10.5. The predicted molar refractivity (Wildman–Crippen MR) is 110 cm³/mol. The number of anilines is 2. The summed E-state index contributed by atoms with van der Waals surface area (Å²) in [6.45, 7) is 2.96. The number of carbonyl (C=O) groups excluding carboxylic acids is 1. The van der Waals surface area contributed by atoms with Crippen molar-refractivity contribution >= 4 is 56.2 Å². The van der Waals surface area contributed by atoms with Crippen LogP contribution in [0, 0.1) is 17.0 Å². The van der Waals surface area contributed by atoms with Crippen molar-refractivity contribution in [3.05, 3.63) is 62.1 Å². The van der Waals surface area contributed by atoms with E-state index >= 15 is 0 Å². The van der Waals surface area contributed by atoms with Crippen LogP contribution >= 0.6 is 23.2 Å². The number of rotatable bonds is 6. The van der Waals surface area contributed by atoms with Crippen molar-refractivity contribution < 1.29 is 18.1 Å². The highest BCUT2D eigenvalue weighted by molar-refractivity contribution is 7.92. The minimum absolute atomic E-state index is 0.0385. The number of hydrogen-bond acceptors (Lipinski definition) is 5. The average molecular weight is 446 g/mol. The number of carbonyl (C=O) groups is 1. The Labute approximate surface area is 172 Å². The van der Waals surface area contributed by atoms with Crippen molar-refractivity contribution in [2.24, 2.45) is 0 Å². The lowest BCUT2D eigenvalue weighted by atomic mass is 10.1. The highest BCUT2D eigenvalue weighted by Crippen LogP contribution is 2.30. The standard InChI is InChI=1S/C17H17Cl2N3O5S/c1-10-4-6-13(22(24)25)9-16(10)21(28(3,26)27)11(2)17(23)20-15-8-12(18)5-7-14(15)19/h4-9,11H,1-3H3,(H,20,23)/t11-/m0/s1. The van der Waals surface area contributed by atoms with Crippen LogP contribution in [0.15, 0.2) is 36.4 Å². The molecule has 0 radical (unpaired) electrons. The first kappa shape index (κ1) is 21.9. The lowest BCUT2D eigenvalue weighted by Gasteiger charge is -2.29. The Balaban J connectivity index is 2.46. The van der Waals surface area contributed by atoms with Crippen molar-refractivity contribution in [1.82, 2.24) is 0 Å². The summed E-state index contributed by atoms with van der Waals surface area (Å²) in [5.74, 6) is -0.680. The first-order valence-electron chi connectivity index (χ1n) is 7.92. The molecular formula is C17H17Cl2N3O5S. The second-order valence-electron chi connectivity index (χ2n) is 6.08. The number of nitro groups is 1. The molecule has 2 rings (SSSR count). The number of halogens is 2. The molecule has 2 aromatic carbocycles. The highest BCUT2D eigenvalue weighted by Gasteiger charge is 2.31. The summed E-state index contributed by atoms with van der Waals surface area (Å²) in [6, 6.07) is 7.04. The molecule has 0 fully saturated rings. The minimum atomic E-state index is -3.95. The topological polar surface area (TPSA) is 110 Å². The smallest absolute Gasteiger partial charge is 0.271 e. The van der Waals surface area contributed by atoms with Crippen molar-refractivity contribution in [3.8, 4) is 0 Å². The fourth-order valence-corrected chi connectivity index (χ4v) is 4.12. The van der Waals surface area contributed by atoms with Gasteiger partial charge in [0.1, 0.15) is 6.04 Å². The van der Waals surface area contributed by atoms with Gasteiger partial charge in [0.2, 0.25) is 15.9 Å². The third-order valence-corrected chi connectivity index (χ3v) is 5.71.